The number of carbonyl (C=O) groups is 2. The number of nitrogens with zero attached hydrogens (tertiary/aromatic N) is 1. The van der Waals surface area contributed by atoms with Crippen molar-refractivity contribution in [1.29, 1.82) is 0 Å². The molecule has 0 bridgehead atoms. The number of rotatable bonds is 7. The molecule has 132 valence electrons. The van der Waals surface area contributed by atoms with Gasteiger partial charge in [0.2, 0.25) is 11.8 Å². The van der Waals surface area contributed by atoms with Gasteiger partial charge in [-0.25, -0.2) is 0 Å². The number of thioether (sulfide) groups is 1. The van der Waals surface area contributed by atoms with Crippen molar-refractivity contribution in [3.8, 4) is 0 Å². The first-order valence-electron chi connectivity index (χ1n) is 8.25. The predicted octanol–water partition coefficient (Wildman–Crippen LogP) is 3.88. The van der Waals surface area contributed by atoms with Gasteiger partial charge in [-0.2, -0.15) is 0 Å². The van der Waals surface area contributed by atoms with Gasteiger partial charge < -0.3 is 10.2 Å². The van der Waals surface area contributed by atoms with E-state index in [9.17, 15) is 9.59 Å². The van der Waals surface area contributed by atoms with Gasteiger partial charge in [-0.3, -0.25) is 9.59 Å². The van der Waals surface area contributed by atoms with Crippen LogP contribution >= 0.6 is 11.8 Å². The fourth-order valence-electron chi connectivity index (χ4n) is 2.34. The normalized spacial score (nSPS) is 10.4. The molecule has 4 nitrogen and oxygen atoms in total. The average Bonchev–Trinajstić information content (AvgIpc) is 2.59. The Bertz CT molecular complexity index is 732. The first-order valence-corrected chi connectivity index (χ1v) is 9.24. The van der Waals surface area contributed by atoms with Crippen LogP contribution in [0.5, 0.6) is 0 Å². The molecule has 0 saturated heterocycles. The third-order valence-electron chi connectivity index (χ3n) is 4.01. The van der Waals surface area contributed by atoms with E-state index in [1.807, 2.05) is 62.4 Å². The highest BCUT2D eigenvalue weighted by molar-refractivity contribution is 7.99. The molecule has 0 aliphatic rings. The van der Waals surface area contributed by atoms with E-state index in [0.29, 0.717) is 12.2 Å². The third-order valence-corrected chi connectivity index (χ3v) is 5.03. The number of carbonyl (C=O) groups excluding carboxylic acids is 2. The number of amides is 2. The van der Waals surface area contributed by atoms with Gasteiger partial charge in [0.25, 0.3) is 0 Å². The molecule has 2 amide bonds. The number of hydrogen-bond donors (Lipinski definition) is 1. The van der Waals surface area contributed by atoms with E-state index in [1.54, 1.807) is 18.8 Å². The lowest BCUT2D eigenvalue weighted by Crippen LogP contribution is -2.35. The van der Waals surface area contributed by atoms with Crippen LogP contribution in [0.2, 0.25) is 0 Å². The van der Waals surface area contributed by atoms with Gasteiger partial charge in [0, 0.05) is 29.8 Å². The SMILES string of the molecule is Cc1cccc(NC(=O)CN(C)C(=O)CCSc2ccccc2)c1C. The lowest BCUT2D eigenvalue weighted by Gasteiger charge is -2.17. The molecule has 1 N–H and O–H groups in total. The summed E-state index contributed by atoms with van der Waals surface area (Å²) in [5.41, 5.74) is 2.97. The molecular formula is C20H24N2O2S. The summed E-state index contributed by atoms with van der Waals surface area (Å²) < 4.78 is 0. The molecule has 0 aromatic heterocycles. The first-order chi connectivity index (χ1) is 12.0. The van der Waals surface area contributed by atoms with Gasteiger partial charge in [0.15, 0.2) is 0 Å². The summed E-state index contributed by atoms with van der Waals surface area (Å²) in [4.78, 5) is 27.0. The van der Waals surface area contributed by atoms with Gasteiger partial charge in [-0.1, -0.05) is 30.3 Å². The molecule has 0 radical (unpaired) electrons. The highest BCUT2D eigenvalue weighted by Crippen LogP contribution is 2.19. The van der Waals surface area contributed by atoms with Crippen LogP contribution in [0.1, 0.15) is 17.5 Å². The lowest BCUT2D eigenvalue weighted by molar-refractivity contribution is -0.132. The van der Waals surface area contributed by atoms with Crippen LogP contribution in [0, 0.1) is 13.8 Å². The predicted molar refractivity (Wildman–Crippen MR) is 104 cm³/mol. The number of likely N-dealkylation sites (N-methyl/N-ethyl adjacent to an activating group) is 1. The first kappa shape index (κ1) is 19.1. The molecule has 0 fully saturated rings. The van der Waals surface area contributed by atoms with E-state index in [1.165, 1.54) is 4.90 Å². The summed E-state index contributed by atoms with van der Waals surface area (Å²) in [6.45, 7) is 4.04. The number of anilines is 1. The maximum absolute atomic E-state index is 12.2. The van der Waals surface area contributed by atoms with Crippen molar-refractivity contribution in [2.75, 3.05) is 24.7 Å². The topological polar surface area (TPSA) is 49.4 Å². The van der Waals surface area contributed by atoms with E-state index < -0.39 is 0 Å². The largest absolute Gasteiger partial charge is 0.336 e. The minimum absolute atomic E-state index is 0.0282. The minimum Gasteiger partial charge on any atom is -0.336 e. The molecular weight excluding hydrogens is 332 g/mol. The average molecular weight is 356 g/mol. The van der Waals surface area contributed by atoms with Crippen LogP contribution < -0.4 is 5.32 Å². The van der Waals surface area contributed by atoms with Crippen molar-refractivity contribution in [2.45, 2.75) is 25.2 Å². The van der Waals surface area contributed by atoms with Crippen LogP contribution in [-0.2, 0) is 9.59 Å². The van der Waals surface area contributed by atoms with Gasteiger partial charge in [-0.05, 0) is 43.2 Å². The summed E-state index contributed by atoms with van der Waals surface area (Å²) in [5.74, 6) is 0.492. The van der Waals surface area contributed by atoms with Crippen molar-refractivity contribution >= 4 is 29.3 Å². The molecule has 0 heterocycles. The summed E-state index contributed by atoms with van der Waals surface area (Å²) in [5, 5.41) is 2.88. The molecule has 2 aromatic rings. The zero-order valence-corrected chi connectivity index (χ0v) is 15.7. The Morgan fingerprint density at radius 3 is 2.48 bits per heavy atom. The molecule has 0 aliphatic heterocycles. The molecule has 0 unspecified atom stereocenters. The van der Waals surface area contributed by atoms with E-state index in [0.717, 1.165) is 21.7 Å². The second kappa shape index (κ2) is 9.28. The summed E-state index contributed by atoms with van der Waals surface area (Å²) in [7, 11) is 1.66. The summed E-state index contributed by atoms with van der Waals surface area (Å²) in [6, 6.07) is 15.8. The number of hydrogen-bond acceptors (Lipinski definition) is 3. The quantitative estimate of drug-likeness (QED) is 0.766. The Hall–Kier alpha value is -2.27. The van der Waals surface area contributed by atoms with E-state index in [4.69, 9.17) is 0 Å². The number of benzene rings is 2. The zero-order valence-electron chi connectivity index (χ0n) is 14.9. The number of nitrogens with one attached hydrogen (secondary N) is 1. The molecule has 2 aromatic carbocycles. The van der Waals surface area contributed by atoms with E-state index >= 15 is 0 Å². The molecule has 0 saturated carbocycles. The Labute approximate surface area is 153 Å². The third kappa shape index (κ3) is 5.94. The van der Waals surface area contributed by atoms with Gasteiger partial charge in [-0.15, -0.1) is 11.8 Å². The smallest absolute Gasteiger partial charge is 0.243 e. The highest BCUT2D eigenvalue weighted by atomic mass is 32.2. The van der Waals surface area contributed by atoms with Crippen molar-refractivity contribution in [2.24, 2.45) is 0 Å². The molecule has 0 aliphatic carbocycles. The maximum Gasteiger partial charge on any atom is 0.243 e. The number of aryl methyl sites for hydroxylation is 1. The van der Waals surface area contributed by atoms with Crippen molar-refractivity contribution in [1.82, 2.24) is 4.90 Å². The Balaban J connectivity index is 1.78. The molecule has 25 heavy (non-hydrogen) atoms. The monoisotopic (exact) mass is 356 g/mol. The summed E-state index contributed by atoms with van der Waals surface area (Å²) >= 11 is 1.64. The van der Waals surface area contributed by atoms with E-state index in [-0.39, 0.29) is 18.4 Å². The fourth-order valence-corrected chi connectivity index (χ4v) is 3.21. The fraction of sp³-hybridized carbons (Fsp3) is 0.300. The maximum atomic E-state index is 12.2. The van der Waals surface area contributed by atoms with Crippen molar-refractivity contribution in [3.63, 3.8) is 0 Å². The zero-order chi connectivity index (χ0) is 18.2. The van der Waals surface area contributed by atoms with Crippen LogP contribution in [0.15, 0.2) is 53.4 Å². The van der Waals surface area contributed by atoms with Crippen LogP contribution in [-0.4, -0.2) is 36.1 Å². The minimum atomic E-state index is -0.180. The van der Waals surface area contributed by atoms with Crippen LogP contribution in [0.3, 0.4) is 0 Å². The Morgan fingerprint density at radius 2 is 1.76 bits per heavy atom. The second-order valence-corrected chi connectivity index (χ2v) is 7.13. The van der Waals surface area contributed by atoms with Gasteiger partial charge in [0.1, 0.15) is 0 Å². The van der Waals surface area contributed by atoms with E-state index in [2.05, 4.69) is 5.32 Å². The molecule has 2 rings (SSSR count). The Kier molecular flexibility index (Phi) is 7.07. The summed E-state index contributed by atoms with van der Waals surface area (Å²) in [6.07, 6.45) is 0.410. The van der Waals surface area contributed by atoms with Crippen molar-refractivity contribution in [3.05, 3.63) is 59.7 Å². The second-order valence-electron chi connectivity index (χ2n) is 5.96. The van der Waals surface area contributed by atoms with Gasteiger partial charge >= 0.3 is 0 Å². The van der Waals surface area contributed by atoms with Crippen LogP contribution in [0.25, 0.3) is 0 Å². The standard InChI is InChI=1S/C20H24N2O2S/c1-15-8-7-11-18(16(15)2)21-19(23)14-22(3)20(24)12-13-25-17-9-5-4-6-10-17/h4-11H,12-14H2,1-3H3,(H,21,23). The molecule has 0 atom stereocenters. The Morgan fingerprint density at radius 1 is 1.04 bits per heavy atom. The van der Waals surface area contributed by atoms with Crippen LogP contribution in [0.4, 0.5) is 5.69 Å². The van der Waals surface area contributed by atoms with Crippen molar-refractivity contribution < 1.29 is 9.59 Å². The van der Waals surface area contributed by atoms with Gasteiger partial charge in [0.05, 0.1) is 6.54 Å². The highest BCUT2D eigenvalue weighted by Gasteiger charge is 2.14. The molecule has 0 spiro atoms. The molecule has 5 heteroatoms. The lowest BCUT2D eigenvalue weighted by atomic mass is 10.1.